The fraction of sp³-hybridized carbons (Fsp3) is 0.917. The van der Waals surface area contributed by atoms with Crippen LogP contribution >= 0.6 is 0 Å². The third kappa shape index (κ3) is 4.49. The summed E-state index contributed by atoms with van der Waals surface area (Å²) in [5.74, 6) is 0.141. The molecule has 0 bridgehead atoms. The number of carbonyl (C=O) groups excluding carboxylic acids is 1. The molecule has 1 aliphatic rings. The van der Waals surface area contributed by atoms with Crippen LogP contribution in [0.25, 0.3) is 0 Å². The Balaban J connectivity index is 2.34. The van der Waals surface area contributed by atoms with Gasteiger partial charge in [-0.25, -0.2) is 0 Å². The molecule has 1 rings (SSSR count). The lowest BCUT2D eigenvalue weighted by Crippen LogP contribution is -2.44. The second-order valence-corrected chi connectivity index (χ2v) is 4.55. The number of hydrogen-bond acceptors (Lipinski definition) is 3. The first-order chi connectivity index (χ1) is 7.77. The molecule has 0 atom stereocenters. The first-order valence-electron chi connectivity index (χ1n) is 6.48. The summed E-state index contributed by atoms with van der Waals surface area (Å²) in [5, 5.41) is 2.92. The van der Waals surface area contributed by atoms with Crippen molar-refractivity contribution in [2.24, 2.45) is 5.73 Å². The number of amides is 1. The molecule has 0 unspecified atom stereocenters. The lowest BCUT2D eigenvalue weighted by atomic mass is 10.2. The zero-order valence-corrected chi connectivity index (χ0v) is 10.4. The van der Waals surface area contributed by atoms with Crippen LogP contribution in [0.4, 0.5) is 0 Å². The number of rotatable bonds is 7. The van der Waals surface area contributed by atoms with E-state index in [0.717, 1.165) is 19.5 Å². The highest BCUT2D eigenvalue weighted by Gasteiger charge is 2.23. The molecular formula is C12H25N3O. The zero-order valence-electron chi connectivity index (χ0n) is 10.4. The van der Waals surface area contributed by atoms with E-state index in [1.54, 1.807) is 0 Å². The fourth-order valence-electron chi connectivity index (χ4n) is 2.33. The van der Waals surface area contributed by atoms with Gasteiger partial charge in [0, 0.05) is 25.7 Å². The first-order valence-corrected chi connectivity index (χ1v) is 6.48. The fourth-order valence-corrected chi connectivity index (χ4v) is 2.33. The topological polar surface area (TPSA) is 58.4 Å². The number of hydrogen-bond donors (Lipinski definition) is 2. The molecule has 1 saturated carbocycles. The Morgan fingerprint density at radius 3 is 2.69 bits per heavy atom. The van der Waals surface area contributed by atoms with Crippen molar-refractivity contribution in [2.75, 3.05) is 26.2 Å². The average molecular weight is 227 g/mol. The predicted octanol–water partition coefficient (Wildman–Crippen LogP) is 0.716. The number of carbonyl (C=O) groups is 1. The highest BCUT2D eigenvalue weighted by Crippen LogP contribution is 2.22. The van der Waals surface area contributed by atoms with Crippen LogP contribution in [0.1, 0.15) is 39.0 Å². The van der Waals surface area contributed by atoms with Crippen LogP contribution in [-0.2, 0) is 4.79 Å². The Labute approximate surface area is 98.6 Å². The highest BCUT2D eigenvalue weighted by molar-refractivity contribution is 5.78. The van der Waals surface area contributed by atoms with E-state index in [9.17, 15) is 4.79 Å². The van der Waals surface area contributed by atoms with E-state index >= 15 is 0 Å². The van der Waals surface area contributed by atoms with Crippen LogP contribution in [0.15, 0.2) is 0 Å². The van der Waals surface area contributed by atoms with Crippen molar-refractivity contribution in [2.45, 2.75) is 45.1 Å². The lowest BCUT2D eigenvalue weighted by molar-refractivity contribution is -0.122. The maximum absolute atomic E-state index is 11.7. The van der Waals surface area contributed by atoms with Gasteiger partial charge in [0.25, 0.3) is 0 Å². The van der Waals surface area contributed by atoms with Crippen LogP contribution in [-0.4, -0.2) is 43.0 Å². The van der Waals surface area contributed by atoms with Gasteiger partial charge in [-0.15, -0.1) is 0 Å². The van der Waals surface area contributed by atoms with Crippen LogP contribution in [0.2, 0.25) is 0 Å². The quantitative estimate of drug-likeness (QED) is 0.673. The molecule has 4 heteroatoms. The highest BCUT2D eigenvalue weighted by atomic mass is 16.2. The smallest absolute Gasteiger partial charge is 0.234 e. The zero-order chi connectivity index (χ0) is 11.8. The molecule has 1 aliphatic carbocycles. The molecule has 1 fully saturated rings. The van der Waals surface area contributed by atoms with Gasteiger partial charge in [0.15, 0.2) is 0 Å². The molecule has 16 heavy (non-hydrogen) atoms. The molecule has 0 heterocycles. The van der Waals surface area contributed by atoms with Crippen molar-refractivity contribution in [3.05, 3.63) is 0 Å². The van der Waals surface area contributed by atoms with Gasteiger partial charge in [0.1, 0.15) is 0 Å². The predicted molar refractivity (Wildman–Crippen MR) is 66.2 cm³/mol. The average Bonchev–Trinajstić information content (AvgIpc) is 2.79. The standard InChI is InChI=1S/C12H25N3O/c1-2-8-14-12(16)10-15(9-7-13)11-5-3-4-6-11/h11H,2-10,13H2,1H3,(H,14,16). The maximum Gasteiger partial charge on any atom is 0.234 e. The van der Waals surface area contributed by atoms with E-state index in [1.807, 2.05) is 0 Å². The summed E-state index contributed by atoms with van der Waals surface area (Å²) in [7, 11) is 0. The van der Waals surface area contributed by atoms with Crippen molar-refractivity contribution in [1.29, 1.82) is 0 Å². The lowest BCUT2D eigenvalue weighted by Gasteiger charge is -2.27. The summed E-state index contributed by atoms with van der Waals surface area (Å²) in [4.78, 5) is 13.9. The van der Waals surface area contributed by atoms with E-state index in [0.29, 0.717) is 19.1 Å². The first kappa shape index (κ1) is 13.5. The van der Waals surface area contributed by atoms with Gasteiger partial charge in [-0.1, -0.05) is 19.8 Å². The van der Waals surface area contributed by atoms with Crippen molar-refractivity contribution in [3.63, 3.8) is 0 Å². The van der Waals surface area contributed by atoms with Gasteiger partial charge in [0.2, 0.25) is 5.91 Å². The molecule has 0 aromatic heterocycles. The molecule has 0 aliphatic heterocycles. The van der Waals surface area contributed by atoms with Crippen molar-refractivity contribution in [3.8, 4) is 0 Å². The third-order valence-corrected chi connectivity index (χ3v) is 3.18. The summed E-state index contributed by atoms with van der Waals surface area (Å²) in [6.45, 7) is 4.83. The normalized spacial score (nSPS) is 16.9. The summed E-state index contributed by atoms with van der Waals surface area (Å²) < 4.78 is 0. The van der Waals surface area contributed by atoms with Gasteiger partial charge in [-0.3, -0.25) is 9.69 Å². The van der Waals surface area contributed by atoms with Gasteiger partial charge >= 0.3 is 0 Å². The number of nitrogens with two attached hydrogens (primary N) is 1. The summed E-state index contributed by atoms with van der Waals surface area (Å²) in [6.07, 6.45) is 6.03. The van der Waals surface area contributed by atoms with Gasteiger partial charge in [-0.05, 0) is 19.3 Å². The van der Waals surface area contributed by atoms with Crippen LogP contribution in [0.5, 0.6) is 0 Å². The van der Waals surface area contributed by atoms with E-state index in [4.69, 9.17) is 5.73 Å². The Morgan fingerprint density at radius 1 is 1.44 bits per heavy atom. The van der Waals surface area contributed by atoms with Crippen LogP contribution in [0, 0.1) is 0 Å². The van der Waals surface area contributed by atoms with E-state index < -0.39 is 0 Å². The largest absolute Gasteiger partial charge is 0.355 e. The minimum atomic E-state index is 0.141. The molecule has 3 N–H and O–H groups in total. The molecule has 0 spiro atoms. The minimum Gasteiger partial charge on any atom is -0.355 e. The minimum absolute atomic E-state index is 0.141. The maximum atomic E-state index is 11.7. The third-order valence-electron chi connectivity index (χ3n) is 3.18. The molecule has 0 radical (unpaired) electrons. The SMILES string of the molecule is CCCNC(=O)CN(CCN)C1CCCC1. The Morgan fingerprint density at radius 2 is 2.12 bits per heavy atom. The molecule has 1 amide bonds. The Hall–Kier alpha value is -0.610. The summed E-state index contributed by atoms with van der Waals surface area (Å²) in [6, 6.07) is 0.580. The molecule has 0 aromatic carbocycles. The summed E-state index contributed by atoms with van der Waals surface area (Å²) >= 11 is 0. The van der Waals surface area contributed by atoms with Crippen LogP contribution in [0.3, 0.4) is 0 Å². The Bertz CT molecular complexity index is 202. The molecular weight excluding hydrogens is 202 g/mol. The number of nitrogens with one attached hydrogen (secondary N) is 1. The number of nitrogens with zero attached hydrogens (tertiary/aromatic N) is 1. The van der Waals surface area contributed by atoms with E-state index in [2.05, 4.69) is 17.1 Å². The second-order valence-electron chi connectivity index (χ2n) is 4.55. The van der Waals surface area contributed by atoms with Crippen molar-refractivity contribution in [1.82, 2.24) is 10.2 Å². The van der Waals surface area contributed by atoms with E-state index in [-0.39, 0.29) is 5.91 Å². The van der Waals surface area contributed by atoms with Gasteiger partial charge < -0.3 is 11.1 Å². The Kier molecular flexibility index (Phi) is 6.42. The second kappa shape index (κ2) is 7.63. The monoisotopic (exact) mass is 227 g/mol. The van der Waals surface area contributed by atoms with Crippen molar-refractivity contribution >= 4 is 5.91 Å². The van der Waals surface area contributed by atoms with E-state index in [1.165, 1.54) is 25.7 Å². The van der Waals surface area contributed by atoms with Gasteiger partial charge in [-0.2, -0.15) is 0 Å². The molecule has 94 valence electrons. The van der Waals surface area contributed by atoms with Gasteiger partial charge in [0.05, 0.1) is 6.54 Å². The molecule has 0 aromatic rings. The van der Waals surface area contributed by atoms with Crippen molar-refractivity contribution < 1.29 is 4.79 Å². The summed E-state index contributed by atoms with van der Waals surface area (Å²) in [5.41, 5.74) is 5.60. The van der Waals surface area contributed by atoms with Crippen LogP contribution < -0.4 is 11.1 Å². The molecule has 0 saturated heterocycles. The molecule has 4 nitrogen and oxygen atoms in total.